The number of halogens is 1. The largest absolute Gasteiger partial charge is 0.481 e. The molecule has 38 heavy (non-hydrogen) atoms. The Labute approximate surface area is 227 Å². The first kappa shape index (κ1) is 27.3. The van der Waals surface area contributed by atoms with Gasteiger partial charge in [0.2, 0.25) is 11.8 Å². The monoisotopic (exact) mass is 536 g/mol. The maximum atomic E-state index is 11.4. The topological polar surface area (TPSA) is 91.4 Å². The Hall–Kier alpha value is -3.78. The van der Waals surface area contributed by atoms with Crippen LogP contribution in [0.2, 0.25) is 5.02 Å². The molecule has 2 aromatic carbocycles. The first-order chi connectivity index (χ1) is 18.3. The van der Waals surface area contributed by atoms with Crippen molar-refractivity contribution < 1.29 is 19.4 Å². The van der Waals surface area contributed by atoms with E-state index in [0.29, 0.717) is 54.9 Å². The lowest BCUT2D eigenvalue weighted by molar-refractivity contribution is -0.136. The standard InChI is InChI=1S/C29H33ClN4O4/c1-20(2)38-27-16-26(34(31-27)19-23-11-12-25(30)14-21(23)3)10-7-13-37-29-24(15-28(35)36)18-33(32-29)17-22-8-5-4-6-9-22/h4-6,8-9,11-12,14,16,18,20H,7,10,13,15,17,19H2,1-3H3,(H,35,36). The van der Waals surface area contributed by atoms with Crippen molar-refractivity contribution in [3.63, 3.8) is 0 Å². The van der Waals surface area contributed by atoms with Gasteiger partial charge in [-0.25, -0.2) is 0 Å². The molecule has 0 aliphatic carbocycles. The summed E-state index contributed by atoms with van der Waals surface area (Å²) in [6, 6.07) is 17.7. The molecule has 4 aromatic rings. The molecule has 0 amide bonds. The molecule has 9 heteroatoms. The highest BCUT2D eigenvalue weighted by Crippen LogP contribution is 2.22. The van der Waals surface area contributed by atoms with Crippen molar-refractivity contribution in [3.05, 3.63) is 93.8 Å². The van der Waals surface area contributed by atoms with Crippen molar-refractivity contribution in [1.82, 2.24) is 19.6 Å². The van der Waals surface area contributed by atoms with Crippen LogP contribution >= 0.6 is 11.6 Å². The Morgan fingerprint density at radius 2 is 1.84 bits per heavy atom. The van der Waals surface area contributed by atoms with Gasteiger partial charge in [-0.15, -0.1) is 10.2 Å². The number of ether oxygens (including phenoxy) is 2. The summed E-state index contributed by atoms with van der Waals surface area (Å²) in [5, 5.41) is 19.2. The molecular weight excluding hydrogens is 504 g/mol. The molecule has 0 aliphatic heterocycles. The van der Waals surface area contributed by atoms with Crippen LogP contribution in [-0.2, 0) is 30.7 Å². The van der Waals surface area contributed by atoms with Gasteiger partial charge in [0.05, 0.1) is 32.2 Å². The second kappa shape index (κ2) is 12.6. The number of aryl methyl sites for hydroxylation is 2. The predicted molar refractivity (Wildman–Crippen MR) is 146 cm³/mol. The van der Waals surface area contributed by atoms with Gasteiger partial charge in [-0.1, -0.05) is 48.0 Å². The van der Waals surface area contributed by atoms with Crippen LogP contribution in [0.5, 0.6) is 11.8 Å². The number of benzene rings is 2. The summed E-state index contributed by atoms with van der Waals surface area (Å²) in [7, 11) is 0. The summed E-state index contributed by atoms with van der Waals surface area (Å²) >= 11 is 6.13. The Balaban J connectivity index is 1.42. The average molecular weight is 537 g/mol. The number of hydrogen-bond acceptors (Lipinski definition) is 5. The summed E-state index contributed by atoms with van der Waals surface area (Å²) in [4.78, 5) is 11.4. The molecule has 0 radical (unpaired) electrons. The van der Waals surface area contributed by atoms with Gasteiger partial charge in [0, 0.05) is 28.5 Å². The lowest BCUT2D eigenvalue weighted by Crippen LogP contribution is -2.10. The molecule has 8 nitrogen and oxygen atoms in total. The first-order valence-electron chi connectivity index (χ1n) is 12.7. The minimum Gasteiger partial charge on any atom is -0.481 e. The highest BCUT2D eigenvalue weighted by molar-refractivity contribution is 6.30. The number of nitrogens with zero attached hydrogens (tertiary/aromatic N) is 4. The third-order valence-corrected chi connectivity index (χ3v) is 6.20. The molecule has 200 valence electrons. The van der Waals surface area contributed by atoms with Gasteiger partial charge in [0.25, 0.3) is 0 Å². The number of carboxylic acid groups (broad SMARTS) is 1. The number of rotatable bonds is 13. The highest BCUT2D eigenvalue weighted by Gasteiger charge is 2.15. The van der Waals surface area contributed by atoms with E-state index in [4.69, 9.17) is 21.1 Å². The zero-order chi connectivity index (χ0) is 27.1. The molecule has 1 N–H and O–H groups in total. The Morgan fingerprint density at radius 1 is 1.05 bits per heavy atom. The van der Waals surface area contributed by atoms with Crippen molar-refractivity contribution >= 4 is 17.6 Å². The van der Waals surface area contributed by atoms with Crippen molar-refractivity contribution in [1.29, 1.82) is 0 Å². The van der Waals surface area contributed by atoms with Crippen LogP contribution in [0.15, 0.2) is 60.8 Å². The van der Waals surface area contributed by atoms with Crippen LogP contribution in [0.4, 0.5) is 0 Å². The maximum absolute atomic E-state index is 11.4. The van der Waals surface area contributed by atoms with E-state index in [9.17, 15) is 9.90 Å². The molecule has 0 saturated carbocycles. The average Bonchev–Trinajstić information content (AvgIpc) is 3.40. The third kappa shape index (κ3) is 7.61. The maximum Gasteiger partial charge on any atom is 0.308 e. The van der Waals surface area contributed by atoms with Gasteiger partial charge in [-0.3, -0.25) is 14.2 Å². The molecule has 0 aliphatic rings. The minimum absolute atomic E-state index is 0.0189. The first-order valence-corrected chi connectivity index (χ1v) is 13.1. The van der Waals surface area contributed by atoms with E-state index < -0.39 is 5.97 Å². The number of carbonyl (C=O) groups is 1. The normalized spacial score (nSPS) is 11.2. The lowest BCUT2D eigenvalue weighted by Gasteiger charge is -2.10. The summed E-state index contributed by atoms with van der Waals surface area (Å²) in [6.45, 7) is 7.52. The fourth-order valence-corrected chi connectivity index (χ4v) is 4.42. The lowest BCUT2D eigenvalue weighted by atomic mass is 10.1. The van der Waals surface area contributed by atoms with Crippen molar-refractivity contribution in [2.75, 3.05) is 6.61 Å². The van der Waals surface area contributed by atoms with Gasteiger partial charge < -0.3 is 14.6 Å². The number of carboxylic acids is 1. The molecule has 4 rings (SSSR count). The van der Waals surface area contributed by atoms with E-state index >= 15 is 0 Å². The molecule has 0 spiro atoms. The smallest absolute Gasteiger partial charge is 0.308 e. The second-order valence-corrected chi connectivity index (χ2v) is 9.97. The van der Waals surface area contributed by atoms with Crippen LogP contribution in [0.1, 0.15) is 48.2 Å². The number of aliphatic carboxylic acids is 1. The van der Waals surface area contributed by atoms with E-state index in [-0.39, 0.29) is 12.5 Å². The number of aromatic nitrogens is 4. The summed E-state index contributed by atoms with van der Waals surface area (Å²) in [5.74, 6) is 0.0246. The van der Waals surface area contributed by atoms with E-state index in [1.165, 1.54) is 0 Å². The van der Waals surface area contributed by atoms with E-state index in [0.717, 1.165) is 22.4 Å². The highest BCUT2D eigenvalue weighted by atomic mass is 35.5. The minimum atomic E-state index is -0.923. The number of hydrogen-bond donors (Lipinski definition) is 1. The summed E-state index contributed by atoms with van der Waals surface area (Å²) in [6.07, 6.45) is 3.03. The summed E-state index contributed by atoms with van der Waals surface area (Å²) in [5.41, 5.74) is 4.90. The molecule has 0 saturated heterocycles. The zero-order valence-corrected chi connectivity index (χ0v) is 22.7. The second-order valence-electron chi connectivity index (χ2n) is 9.53. The zero-order valence-electron chi connectivity index (χ0n) is 21.9. The SMILES string of the molecule is Cc1cc(Cl)ccc1Cn1nc(OC(C)C)cc1CCCOc1nn(Cc2ccccc2)cc1CC(=O)O. The van der Waals surface area contributed by atoms with Gasteiger partial charge in [-0.2, -0.15) is 0 Å². The predicted octanol–water partition coefficient (Wildman–Crippen LogP) is 5.56. The Morgan fingerprint density at radius 3 is 2.55 bits per heavy atom. The van der Waals surface area contributed by atoms with Crippen LogP contribution in [-0.4, -0.2) is 43.3 Å². The Kier molecular flexibility index (Phi) is 9.07. The van der Waals surface area contributed by atoms with Crippen LogP contribution in [0.25, 0.3) is 0 Å². The van der Waals surface area contributed by atoms with Crippen LogP contribution < -0.4 is 9.47 Å². The van der Waals surface area contributed by atoms with Gasteiger partial charge in [0.1, 0.15) is 0 Å². The van der Waals surface area contributed by atoms with Crippen LogP contribution in [0, 0.1) is 6.92 Å². The van der Waals surface area contributed by atoms with E-state index in [1.807, 2.05) is 80.1 Å². The fraction of sp³-hybridized carbons (Fsp3) is 0.345. The molecule has 2 heterocycles. The van der Waals surface area contributed by atoms with E-state index in [1.54, 1.807) is 10.9 Å². The molecule has 0 bridgehead atoms. The molecule has 0 atom stereocenters. The summed E-state index contributed by atoms with van der Waals surface area (Å²) < 4.78 is 15.5. The van der Waals surface area contributed by atoms with Crippen molar-refractivity contribution in [3.8, 4) is 11.8 Å². The fourth-order valence-electron chi connectivity index (χ4n) is 4.19. The van der Waals surface area contributed by atoms with E-state index in [2.05, 4.69) is 10.2 Å². The van der Waals surface area contributed by atoms with Crippen molar-refractivity contribution in [2.24, 2.45) is 0 Å². The van der Waals surface area contributed by atoms with Crippen LogP contribution in [0.3, 0.4) is 0 Å². The quantitative estimate of drug-likeness (QED) is 0.225. The molecule has 0 unspecified atom stereocenters. The molecular formula is C29H33ClN4O4. The van der Waals surface area contributed by atoms with Gasteiger partial charge in [0.15, 0.2) is 0 Å². The molecule has 2 aromatic heterocycles. The van der Waals surface area contributed by atoms with Crippen molar-refractivity contribution in [2.45, 2.75) is 59.2 Å². The molecule has 0 fully saturated rings. The Bertz CT molecular complexity index is 1360. The third-order valence-electron chi connectivity index (χ3n) is 5.97. The van der Waals surface area contributed by atoms with Gasteiger partial charge in [-0.05, 0) is 62.4 Å². The van der Waals surface area contributed by atoms with Gasteiger partial charge >= 0.3 is 5.97 Å².